The molecule has 1 unspecified atom stereocenters. The molecule has 1 aliphatic rings. The van der Waals surface area contributed by atoms with Crippen LogP contribution in [0.25, 0.3) is 0 Å². The molecular weight excluding hydrogens is 196 g/mol. The summed E-state index contributed by atoms with van der Waals surface area (Å²) in [5.41, 5.74) is 0. The Hall–Kier alpha value is -1.10. The first-order valence-corrected chi connectivity index (χ1v) is 5.05. The highest BCUT2D eigenvalue weighted by Gasteiger charge is 2.27. The van der Waals surface area contributed by atoms with Crippen LogP contribution in [-0.2, 0) is 14.3 Å². The normalized spacial score (nSPS) is 21.4. The van der Waals surface area contributed by atoms with Crippen molar-refractivity contribution >= 4 is 11.9 Å². The number of ether oxygens (including phenoxy) is 1. The van der Waals surface area contributed by atoms with E-state index in [1.165, 1.54) is 7.11 Å². The zero-order valence-corrected chi connectivity index (χ0v) is 9.52. The third-order valence-corrected chi connectivity index (χ3v) is 2.83. The molecule has 1 atom stereocenters. The Kier molecular flexibility index (Phi) is 4.08. The molecule has 1 aliphatic heterocycles. The molecule has 0 radical (unpaired) electrons. The van der Waals surface area contributed by atoms with Crippen LogP contribution in [0.15, 0.2) is 0 Å². The van der Waals surface area contributed by atoms with E-state index < -0.39 is 5.97 Å². The highest BCUT2D eigenvalue weighted by atomic mass is 16.5. The number of methoxy groups -OCH3 is 1. The molecule has 1 amide bonds. The van der Waals surface area contributed by atoms with Gasteiger partial charge in [0.2, 0.25) is 5.91 Å². The Bertz CT molecular complexity index is 255. The predicted molar refractivity (Wildman–Crippen MR) is 55.3 cm³/mol. The summed E-state index contributed by atoms with van der Waals surface area (Å²) in [4.78, 5) is 26.4. The third-order valence-electron chi connectivity index (χ3n) is 2.83. The van der Waals surface area contributed by atoms with E-state index in [1.54, 1.807) is 11.9 Å². The number of rotatable bonds is 3. The fourth-order valence-corrected chi connectivity index (χ4v) is 1.75. The third kappa shape index (κ3) is 3.20. The number of carbonyl (C=O) groups is 2. The van der Waals surface area contributed by atoms with E-state index in [4.69, 9.17) is 0 Å². The molecule has 15 heavy (non-hydrogen) atoms. The number of hydrogen-bond donors (Lipinski definition) is 0. The minimum absolute atomic E-state index is 0.160. The molecule has 1 rings (SSSR count). The van der Waals surface area contributed by atoms with Gasteiger partial charge in [0.25, 0.3) is 0 Å². The molecule has 0 aromatic rings. The maximum Gasteiger partial charge on any atom is 0.315 e. The van der Waals surface area contributed by atoms with Crippen LogP contribution in [0.4, 0.5) is 0 Å². The zero-order valence-electron chi connectivity index (χ0n) is 9.52. The van der Waals surface area contributed by atoms with Crippen LogP contribution in [0.5, 0.6) is 0 Å². The first-order valence-electron chi connectivity index (χ1n) is 5.05. The summed E-state index contributed by atoms with van der Waals surface area (Å²) in [5.74, 6) is -0.639. The Labute approximate surface area is 90.0 Å². The standard InChI is InChI=1S/C10H18N2O3/c1-11-5-4-8(7-11)12(2)9(13)6-10(14)15-3/h8H,4-7H2,1-3H3. The lowest BCUT2D eigenvalue weighted by molar-refractivity contribution is -0.147. The number of likely N-dealkylation sites (tertiary alicyclic amines) is 1. The van der Waals surface area contributed by atoms with Gasteiger partial charge in [0.1, 0.15) is 6.42 Å². The van der Waals surface area contributed by atoms with Crippen LogP contribution in [0.3, 0.4) is 0 Å². The Morgan fingerprint density at radius 1 is 1.53 bits per heavy atom. The van der Waals surface area contributed by atoms with E-state index in [9.17, 15) is 9.59 Å². The predicted octanol–water partition coefficient (Wildman–Crippen LogP) is -0.288. The molecule has 86 valence electrons. The van der Waals surface area contributed by atoms with Crippen molar-refractivity contribution in [2.24, 2.45) is 0 Å². The van der Waals surface area contributed by atoms with Crippen LogP contribution >= 0.6 is 0 Å². The lowest BCUT2D eigenvalue weighted by atomic mass is 10.2. The molecule has 1 saturated heterocycles. The Morgan fingerprint density at radius 2 is 2.20 bits per heavy atom. The molecule has 0 bridgehead atoms. The largest absolute Gasteiger partial charge is 0.469 e. The molecular formula is C10H18N2O3. The van der Waals surface area contributed by atoms with Gasteiger partial charge in [-0.1, -0.05) is 0 Å². The van der Waals surface area contributed by atoms with Gasteiger partial charge >= 0.3 is 5.97 Å². The van der Waals surface area contributed by atoms with E-state index in [2.05, 4.69) is 9.64 Å². The first kappa shape index (κ1) is 12.0. The Balaban J connectivity index is 2.42. The van der Waals surface area contributed by atoms with Crippen LogP contribution in [-0.4, -0.2) is 62.0 Å². The van der Waals surface area contributed by atoms with Crippen LogP contribution in [0.1, 0.15) is 12.8 Å². The highest BCUT2D eigenvalue weighted by molar-refractivity contribution is 5.94. The molecule has 0 saturated carbocycles. The number of hydrogen-bond acceptors (Lipinski definition) is 4. The van der Waals surface area contributed by atoms with Crippen molar-refractivity contribution in [3.63, 3.8) is 0 Å². The van der Waals surface area contributed by atoms with Crippen molar-refractivity contribution in [2.45, 2.75) is 18.9 Å². The topological polar surface area (TPSA) is 49.9 Å². The van der Waals surface area contributed by atoms with Gasteiger partial charge in [-0.3, -0.25) is 9.59 Å². The molecule has 0 spiro atoms. The average Bonchev–Trinajstić information content (AvgIpc) is 2.63. The maximum absolute atomic E-state index is 11.6. The SMILES string of the molecule is COC(=O)CC(=O)N(C)C1CCN(C)C1. The van der Waals surface area contributed by atoms with Gasteiger partial charge < -0.3 is 14.5 Å². The van der Waals surface area contributed by atoms with Gasteiger partial charge in [-0.25, -0.2) is 0 Å². The fraction of sp³-hybridized carbons (Fsp3) is 0.800. The van der Waals surface area contributed by atoms with E-state index in [1.807, 2.05) is 7.05 Å². The lowest BCUT2D eigenvalue weighted by Crippen LogP contribution is -2.39. The van der Waals surface area contributed by atoms with Crippen LogP contribution < -0.4 is 0 Å². The monoisotopic (exact) mass is 214 g/mol. The molecule has 5 nitrogen and oxygen atoms in total. The smallest absolute Gasteiger partial charge is 0.315 e. The van der Waals surface area contributed by atoms with Gasteiger partial charge in [0.05, 0.1) is 7.11 Å². The van der Waals surface area contributed by atoms with Crippen molar-refractivity contribution < 1.29 is 14.3 Å². The summed E-state index contributed by atoms with van der Waals surface area (Å²) in [6, 6.07) is 0.229. The number of nitrogens with zero attached hydrogens (tertiary/aromatic N) is 2. The zero-order chi connectivity index (χ0) is 11.4. The second-order valence-corrected chi connectivity index (χ2v) is 3.96. The van der Waals surface area contributed by atoms with Crippen LogP contribution in [0.2, 0.25) is 0 Å². The Morgan fingerprint density at radius 3 is 2.67 bits per heavy atom. The first-order chi connectivity index (χ1) is 7.04. The molecule has 5 heteroatoms. The van der Waals surface area contributed by atoms with E-state index in [-0.39, 0.29) is 18.4 Å². The number of likely N-dealkylation sites (N-methyl/N-ethyl adjacent to an activating group) is 2. The lowest BCUT2D eigenvalue weighted by Gasteiger charge is -2.23. The van der Waals surface area contributed by atoms with E-state index >= 15 is 0 Å². The van der Waals surface area contributed by atoms with Crippen molar-refractivity contribution in [3.05, 3.63) is 0 Å². The van der Waals surface area contributed by atoms with Crippen molar-refractivity contribution in [1.29, 1.82) is 0 Å². The fourth-order valence-electron chi connectivity index (χ4n) is 1.75. The summed E-state index contributed by atoms with van der Waals surface area (Å²) in [6.07, 6.45) is 0.813. The molecule has 1 fully saturated rings. The quantitative estimate of drug-likeness (QED) is 0.478. The summed E-state index contributed by atoms with van der Waals surface area (Å²) >= 11 is 0. The number of carbonyl (C=O) groups excluding carboxylic acids is 2. The number of esters is 1. The average molecular weight is 214 g/mol. The summed E-state index contributed by atoms with van der Waals surface area (Å²) in [6.45, 7) is 1.88. The van der Waals surface area contributed by atoms with Gasteiger partial charge in [0, 0.05) is 19.6 Å². The summed E-state index contributed by atoms with van der Waals surface area (Å²) in [5, 5.41) is 0. The van der Waals surface area contributed by atoms with Gasteiger partial charge in [-0.05, 0) is 20.0 Å². The second-order valence-electron chi connectivity index (χ2n) is 3.96. The minimum atomic E-state index is -0.474. The maximum atomic E-state index is 11.6. The second kappa shape index (κ2) is 5.11. The van der Waals surface area contributed by atoms with E-state index in [0.29, 0.717) is 0 Å². The van der Waals surface area contributed by atoms with Gasteiger partial charge in [-0.2, -0.15) is 0 Å². The molecule has 0 aromatic carbocycles. The molecule has 0 N–H and O–H groups in total. The van der Waals surface area contributed by atoms with Gasteiger partial charge in [0.15, 0.2) is 0 Å². The minimum Gasteiger partial charge on any atom is -0.469 e. The summed E-state index contributed by atoms with van der Waals surface area (Å²) < 4.78 is 4.46. The van der Waals surface area contributed by atoms with Crippen molar-refractivity contribution in [2.75, 3.05) is 34.3 Å². The van der Waals surface area contributed by atoms with E-state index in [0.717, 1.165) is 19.5 Å². The number of amides is 1. The molecule has 1 heterocycles. The molecule has 0 aliphatic carbocycles. The van der Waals surface area contributed by atoms with Gasteiger partial charge in [-0.15, -0.1) is 0 Å². The molecule has 0 aromatic heterocycles. The highest BCUT2D eigenvalue weighted by Crippen LogP contribution is 2.13. The van der Waals surface area contributed by atoms with Crippen LogP contribution in [0, 0.1) is 0 Å². The summed E-state index contributed by atoms with van der Waals surface area (Å²) in [7, 11) is 5.06. The van der Waals surface area contributed by atoms with Crippen molar-refractivity contribution in [3.8, 4) is 0 Å². The van der Waals surface area contributed by atoms with Crippen molar-refractivity contribution in [1.82, 2.24) is 9.80 Å².